The van der Waals surface area contributed by atoms with E-state index in [1.54, 1.807) is 16.0 Å². The van der Waals surface area contributed by atoms with Gasteiger partial charge in [-0.15, -0.1) is 0 Å². The second-order valence-corrected chi connectivity index (χ2v) is 9.07. The average Bonchev–Trinajstić information content (AvgIpc) is 3.47. The van der Waals surface area contributed by atoms with Gasteiger partial charge in [0.2, 0.25) is 5.13 Å². The van der Waals surface area contributed by atoms with Gasteiger partial charge in [0.1, 0.15) is 11.6 Å². The van der Waals surface area contributed by atoms with E-state index in [-0.39, 0.29) is 12.5 Å². The molecule has 1 N–H and O–H groups in total. The Morgan fingerprint density at radius 3 is 2.74 bits per heavy atom. The Hall–Kier alpha value is -3.19. The van der Waals surface area contributed by atoms with Crippen LogP contribution >= 0.6 is 11.3 Å². The smallest absolute Gasteiger partial charge is 0.263 e. The number of rotatable bonds is 6. The fourth-order valence-corrected chi connectivity index (χ4v) is 4.80. The topological polar surface area (TPSA) is 69.0 Å². The Morgan fingerprint density at radius 2 is 1.97 bits per heavy atom. The number of ether oxygens (including phenoxy) is 1. The molecule has 0 bridgehead atoms. The van der Waals surface area contributed by atoms with Crippen molar-refractivity contribution in [1.29, 1.82) is 0 Å². The lowest BCUT2D eigenvalue weighted by molar-refractivity contribution is -0.118. The summed E-state index contributed by atoms with van der Waals surface area (Å²) in [7, 11) is 0. The highest BCUT2D eigenvalue weighted by atomic mass is 32.1. The normalized spacial score (nSPS) is 13.0. The first-order valence-electron chi connectivity index (χ1n) is 10.6. The second kappa shape index (κ2) is 8.15. The molecular formula is C24H24N4O2S. The lowest BCUT2D eigenvalue weighted by Crippen LogP contribution is -2.22. The van der Waals surface area contributed by atoms with Crippen LogP contribution in [-0.4, -0.2) is 27.3 Å². The predicted molar refractivity (Wildman–Crippen MR) is 123 cm³/mol. The van der Waals surface area contributed by atoms with Crippen LogP contribution in [0.5, 0.6) is 5.75 Å². The van der Waals surface area contributed by atoms with Crippen molar-refractivity contribution >= 4 is 33.3 Å². The number of amides is 1. The van der Waals surface area contributed by atoms with Gasteiger partial charge in [-0.05, 0) is 55.0 Å². The Bertz CT molecular complexity index is 1210. The predicted octanol–water partition coefficient (Wildman–Crippen LogP) is 5.11. The molecule has 1 aliphatic carbocycles. The van der Waals surface area contributed by atoms with Gasteiger partial charge in [-0.2, -0.15) is 9.78 Å². The number of fused-ring (bicyclic) bond motifs is 2. The van der Waals surface area contributed by atoms with E-state index in [0.717, 1.165) is 51.7 Å². The van der Waals surface area contributed by atoms with Crippen molar-refractivity contribution in [2.45, 2.75) is 39.0 Å². The molecule has 0 spiro atoms. The maximum atomic E-state index is 12.7. The lowest BCUT2D eigenvalue weighted by atomic mass is 10.0. The number of benzene rings is 2. The van der Waals surface area contributed by atoms with Gasteiger partial charge >= 0.3 is 0 Å². The number of nitrogens with one attached hydrogen (secondary N) is 1. The van der Waals surface area contributed by atoms with Crippen LogP contribution in [0, 0.1) is 0 Å². The number of para-hydroxylation sites is 1. The summed E-state index contributed by atoms with van der Waals surface area (Å²) < 4.78 is 8.59. The van der Waals surface area contributed by atoms with Gasteiger partial charge in [0.25, 0.3) is 5.91 Å². The van der Waals surface area contributed by atoms with Gasteiger partial charge in [-0.1, -0.05) is 49.4 Å². The Balaban J connectivity index is 1.35. The van der Waals surface area contributed by atoms with Crippen LogP contribution in [0.4, 0.5) is 5.82 Å². The minimum absolute atomic E-state index is 0.0547. The van der Waals surface area contributed by atoms with Gasteiger partial charge in [0.05, 0.1) is 15.9 Å². The highest BCUT2D eigenvalue weighted by molar-refractivity contribution is 7.20. The number of thiazole rings is 1. The lowest BCUT2D eigenvalue weighted by Gasteiger charge is -2.11. The Kier molecular flexibility index (Phi) is 5.19. The molecule has 0 aliphatic heterocycles. The minimum atomic E-state index is -0.204. The Labute approximate surface area is 184 Å². The monoisotopic (exact) mass is 432 g/mol. The van der Waals surface area contributed by atoms with Crippen LogP contribution in [-0.2, 0) is 17.6 Å². The summed E-state index contributed by atoms with van der Waals surface area (Å²) in [5.41, 5.74) is 4.32. The molecule has 6 nitrogen and oxygen atoms in total. The van der Waals surface area contributed by atoms with Crippen LogP contribution in [0.2, 0.25) is 0 Å². The zero-order chi connectivity index (χ0) is 21.4. The van der Waals surface area contributed by atoms with Crippen LogP contribution in [0.3, 0.4) is 0 Å². The molecule has 7 heteroatoms. The summed E-state index contributed by atoms with van der Waals surface area (Å²) in [6, 6.07) is 15.9. The molecule has 0 fully saturated rings. The average molecular weight is 433 g/mol. The van der Waals surface area contributed by atoms with Crippen molar-refractivity contribution in [2.75, 3.05) is 11.9 Å². The number of carbonyl (C=O) groups excluding carboxylic acids is 1. The summed E-state index contributed by atoms with van der Waals surface area (Å²) in [5, 5.41) is 8.56. The van der Waals surface area contributed by atoms with Crippen molar-refractivity contribution in [3.8, 4) is 10.9 Å². The van der Waals surface area contributed by atoms with E-state index >= 15 is 0 Å². The first-order chi connectivity index (χ1) is 15.1. The molecule has 2 heterocycles. The number of aromatic nitrogens is 3. The van der Waals surface area contributed by atoms with Gasteiger partial charge in [-0.3, -0.25) is 4.79 Å². The number of anilines is 1. The van der Waals surface area contributed by atoms with Crippen molar-refractivity contribution in [3.05, 3.63) is 65.4 Å². The fourth-order valence-electron chi connectivity index (χ4n) is 3.88. The molecule has 4 aromatic rings. The molecule has 0 saturated carbocycles. The number of aryl methyl sites for hydroxylation is 1. The van der Waals surface area contributed by atoms with E-state index < -0.39 is 0 Å². The number of nitrogens with zero attached hydrogens (tertiary/aromatic N) is 3. The van der Waals surface area contributed by atoms with E-state index in [1.807, 2.05) is 48.5 Å². The molecule has 5 rings (SSSR count). The number of hydrogen-bond donors (Lipinski definition) is 1. The zero-order valence-corrected chi connectivity index (χ0v) is 18.4. The summed E-state index contributed by atoms with van der Waals surface area (Å²) in [6.07, 6.45) is 2.89. The maximum absolute atomic E-state index is 12.7. The Morgan fingerprint density at radius 1 is 1.16 bits per heavy atom. The third-order valence-corrected chi connectivity index (χ3v) is 6.56. The maximum Gasteiger partial charge on any atom is 0.263 e. The van der Waals surface area contributed by atoms with E-state index in [4.69, 9.17) is 14.8 Å². The number of carbonyl (C=O) groups is 1. The minimum Gasteiger partial charge on any atom is -0.484 e. The third kappa shape index (κ3) is 3.93. The third-order valence-electron chi connectivity index (χ3n) is 5.55. The number of hydrogen-bond acceptors (Lipinski definition) is 5. The molecule has 158 valence electrons. The second-order valence-electron chi connectivity index (χ2n) is 8.06. The standard InChI is InChI=1S/C24H24N4O2S/c1-15(2)16-10-12-17(13-11-16)30-14-22(29)26-23-18-6-5-8-19(18)27-28(23)24-25-20-7-3-4-9-21(20)31-24/h3-4,7,9-13,15H,5-6,8,14H2,1-2H3,(H,26,29). The SMILES string of the molecule is CC(C)c1ccc(OCC(=O)Nc2c3c(nn2-c2nc4ccccc4s2)CCC3)cc1. The summed E-state index contributed by atoms with van der Waals surface area (Å²) in [4.78, 5) is 17.4. The molecule has 31 heavy (non-hydrogen) atoms. The largest absolute Gasteiger partial charge is 0.484 e. The van der Waals surface area contributed by atoms with Crippen molar-refractivity contribution in [2.24, 2.45) is 0 Å². The quantitative estimate of drug-likeness (QED) is 0.460. The molecule has 0 atom stereocenters. The van der Waals surface area contributed by atoms with E-state index in [2.05, 4.69) is 19.2 Å². The summed E-state index contributed by atoms with van der Waals surface area (Å²) in [6.45, 7) is 4.24. The van der Waals surface area contributed by atoms with Crippen LogP contribution in [0.15, 0.2) is 48.5 Å². The van der Waals surface area contributed by atoms with Gasteiger partial charge in [0, 0.05) is 5.56 Å². The molecular weight excluding hydrogens is 408 g/mol. The highest BCUT2D eigenvalue weighted by Gasteiger charge is 2.25. The van der Waals surface area contributed by atoms with Crippen LogP contribution in [0.25, 0.3) is 15.3 Å². The van der Waals surface area contributed by atoms with Gasteiger partial charge in [-0.25, -0.2) is 4.98 Å². The molecule has 0 radical (unpaired) electrons. The van der Waals surface area contributed by atoms with E-state index in [0.29, 0.717) is 11.7 Å². The van der Waals surface area contributed by atoms with Gasteiger partial charge < -0.3 is 10.1 Å². The first-order valence-corrected chi connectivity index (χ1v) is 11.4. The molecule has 1 aliphatic rings. The molecule has 1 amide bonds. The molecule has 0 unspecified atom stereocenters. The highest BCUT2D eigenvalue weighted by Crippen LogP contribution is 2.33. The van der Waals surface area contributed by atoms with Gasteiger partial charge in [0.15, 0.2) is 6.61 Å². The van der Waals surface area contributed by atoms with Crippen molar-refractivity contribution < 1.29 is 9.53 Å². The van der Waals surface area contributed by atoms with Crippen molar-refractivity contribution in [1.82, 2.24) is 14.8 Å². The fraction of sp³-hybridized carbons (Fsp3) is 0.292. The molecule has 0 saturated heterocycles. The van der Waals surface area contributed by atoms with Crippen LogP contribution in [0.1, 0.15) is 43.0 Å². The van der Waals surface area contributed by atoms with E-state index in [9.17, 15) is 4.79 Å². The zero-order valence-electron chi connectivity index (χ0n) is 17.6. The van der Waals surface area contributed by atoms with Crippen molar-refractivity contribution in [3.63, 3.8) is 0 Å². The van der Waals surface area contributed by atoms with E-state index in [1.165, 1.54) is 5.56 Å². The summed E-state index contributed by atoms with van der Waals surface area (Å²) in [5.74, 6) is 1.66. The van der Waals surface area contributed by atoms with Crippen LogP contribution < -0.4 is 10.1 Å². The first kappa shape index (κ1) is 19.8. The molecule has 2 aromatic heterocycles. The summed E-state index contributed by atoms with van der Waals surface area (Å²) >= 11 is 1.57. The molecule has 2 aromatic carbocycles.